The summed E-state index contributed by atoms with van der Waals surface area (Å²) in [5, 5.41) is 6.07. The fourth-order valence-electron chi connectivity index (χ4n) is 3.75. The summed E-state index contributed by atoms with van der Waals surface area (Å²) in [5.74, 6) is -0.158. The van der Waals surface area contributed by atoms with Gasteiger partial charge in [-0.25, -0.2) is 4.79 Å². The van der Waals surface area contributed by atoms with Crippen molar-refractivity contribution in [2.75, 3.05) is 26.7 Å². The van der Waals surface area contributed by atoms with Gasteiger partial charge in [-0.05, 0) is 25.8 Å². The van der Waals surface area contributed by atoms with E-state index in [-0.39, 0.29) is 36.9 Å². The van der Waals surface area contributed by atoms with Gasteiger partial charge in [0.25, 0.3) is 5.91 Å². The molecular weight excluding hydrogens is 284 g/mol. The van der Waals surface area contributed by atoms with E-state index >= 15 is 0 Å². The molecule has 7 heteroatoms. The molecule has 2 N–H and O–H groups in total. The van der Waals surface area contributed by atoms with E-state index in [9.17, 15) is 14.4 Å². The van der Waals surface area contributed by atoms with Crippen LogP contribution in [0, 0.1) is 0 Å². The Morgan fingerprint density at radius 3 is 2.73 bits per heavy atom. The summed E-state index contributed by atoms with van der Waals surface area (Å²) in [7, 11) is 1.80. The lowest BCUT2D eigenvalue weighted by molar-refractivity contribution is -0.133. The molecule has 2 heterocycles. The first-order valence-corrected chi connectivity index (χ1v) is 8.14. The average molecular weight is 308 g/mol. The number of hydrogen-bond donors (Lipinski definition) is 2. The number of carbonyl (C=O) groups excluding carboxylic acids is 3. The van der Waals surface area contributed by atoms with Crippen molar-refractivity contribution in [1.82, 2.24) is 20.4 Å². The molecule has 0 aromatic carbocycles. The van der Waals surface area contributed by atoms with Gasteiger partial charge in [0, 0.05) is 32.6 Å². The summed E-state index contributed by atoms with van der Waals surface area (Å²) >= 11 is 0. The maximum absolute atomic E-state index is 12.5. The van der Waals surface area contributed by atoms with Crippen molar-refractivity contribution in [2.45, 2.75) is 50.1 Å². The van der Waals surface area contributed by atoms with Crippen LogP contribution in [0.25, 0.3) is 0 Å². The molecule has 3 fully saturated rings. The van der Waals surface area contributed by atoms with Crippen molar-refractivity contribution in [1.29, 1.82) is 0 Å². The number of carbonyl (C=O) groups is 3. The van der Waals surface area contributed by atoms with Gasteiger partial charge in [0.1, 0.15) is 5.54 Å². The van der Waals surface area contributed by atoms with Crippen LogP contribution < -0.4 is 10.6 Å². The second-order valence-electron chi connectivity index (χ2n) is 6.58. The minimum absolute atomic E-state index is 0.0123. The highest BCUT2D eigenvalue weighted by atomic mass is 16.2. The van der Waals surface area contributed by atoms with Crippen molar-refractivity contribution < 1.29 is 14.4 Å². The number of nitrogens with one attached hydrogen (secondary N) is 2. The van der Waals surface area contributed by atoms with E-state index in [1.54, 1.807) is 11.9 Å². The van der Waals surface area contributed by atoms with Crippen molar-refractivity contribution in [3.05, 3.63) is 0 Å². The lowest BCUT2D eigenvalue weighted by Crippen LogP contribution is -2.44. The van der Waals surface area contributed by atoms with Crippen LogP contribution in [0.4, 0.5) is 4.79 Å². The van der Waals surface area contributed by atoms with Crippen LogP contribution in [0.3, 0.4) is 0 Å². The van der Waals surface area contributed by atoms with Gasteiger partial charge >= 0.3 is 6.03 Å². The molecule has 4 amide bonds. The zero-order valence-corrected chi connectivity index (χ0v) is 13.1. The molecule has 1 spiro atoms. The van der Waals surface area contributed by atoms with E-state index in [1.807, 2.05) is 0 Å². The molecule has 1 atom stereocenters. The number of nitrogens with zero attached hydrogens (tertiary/aromatic N) is 2. The lowest BCUT2D eigenvalue weighted by atomic mass is 9.98. The van der Waals surface area contributed by atoms with Gasteiger partial charge in [0.05, 0.1) is 0 Å². The van der Waals surface area contributed by atoms with E-state index in [2.05, 4.69) is 10.6 Å². The molecule has 22 heavy (non-hydrogen) atoms. The summed E-state index contributed by atoms with van der Waals surface area (Å²) in [6.07, 6.45) is 4.52. The van der Waals surface area contributed by atoms with Gasteiger partial charge in [0.2, 0.25) is 5.91 Å². The Hall–Kier alpha value is -1.63. The molecule has 0 radical (unpaired) electrons. The molecule has 122 valence electrons. The number of likely N-dealkylation sites (N-methyl/N-ethyl adjacent to an activating group) is 1. The second kappa shape index (κ2) is 5.87. The standard InChI is InChI=1S/C15H24N4O3/c1-18(11-4-8-16-10-11)12(20)5-9-19-13(21)15(17-14(19)22)6-2-3-7-15/h11,16H,2-10H2,1H3,(H,17,22). The second-order valence-corrected chi connectivity index (χ2v) is 6.58. The van der Waals surface area contributed by atoms with Crippen molar-refractivity contribution >= 4 is 17.8 Å². The third-order valence-corrected chi connectivity index (χ3v) is 5.23. The zero-order chi connectivity index (χ0) is 15.7. The van der Waals surface area contributed by atoms with E-state index in [4.69, 9.17) is 0 Å². The number of amides is 4. The molecule has 1 saturated carbocycles. The smallest absolute Gasteiger partial charge is 0.325 e. The molecule has 2 aliphatic heterocycles. The first kappa shape index (κ1) is 15.3. The molecule has 3 rings (SSSR count). The molecular formula is C15H24N4O3. The van der Waals surface area contributed by atoms with E-state index in [1.165, 1.54) is 4.90 Å². The van der Waals surface area contributed by atoms with Gasteiger partial charge in [-0.15, -0.1) is 0 Å². The minimum atomic E-state index is -0.679. The Kier molecular flexibility index (Phi) is 4.08. The monoisotopic (exact) mass is 308 g/mol. The Bertz CT molecular complexity index is 481. The molecule has 0 bridgehead atoms. The van der Waals surface area contributed by atoms with Crippen LogP contribution in [0.1, 0.15) is 38.5 Å². The van der Waals surface area contributed by atoms with Crippen LogP contribution in [-0.2, 0) is 9.59 Å². The first-order chi connectivity index (χ1) is 10.5. The molecule has 2 saturated heterocycles. The molecule has 3 aliphatic rings. The normalized spacial score (nSPS) is 26.8. The largest absolute Gasteiger partial charge is 0.341 e. The Balaban J connectivity index is 1.55. The summed E-state index contributed by atoms with van der Waals surface area (Å²) < 4.78 is 0. The van der Waals surface area contributed by atoms with Crippen molar-refractivity contribution in [3.63, 3.8) is 0 Å². The van der Waals surface area contributed by atoms with E-state index < -0.39 is 5.54 Å². The Morgan fingerprint density at radius 2 is 2.09 bits per heavy atom. The van der Waals surface area contributed by atoms with Gasteiger partial charge in [-0.1, -0.05) is 12.8 Å². The fourth-order valence-corrected chi connectivity index (χ4v) is 3.75. The maximum atomic E-state index is 12.5. The average Bonchev–Trinajstić information content (AvgIpc) is 3.21. The van der Waals surface area contributed by atoms with Gasteiger partial charge in [0.15, 0.2) is 0 Å². The number of urea groups is 1. The van der Waals surface area contributed by atoms with Crippen molar-refractivity contribution in [3.8, 4) is 0 Å². The van der Waals surface area contributed by atoms with E-state index in [0.29, 0.717) is 0 Å². The van der Waals surface area contributed by atoms with Crippen molar-refractivity contribution in [2.24, 2.45) is 0 Å². The van der Waals surface area contributed by atoms with Crippen LogP contribution in [-0.4, -0.2) is 65.9 Å². The van der Waals surface area contributed by atoms with Crippen LogP contribution in [0.5, 0.6) is 0 Å². The van der Waals surface area contributed by atoms with Gasteiger partial charge in [-0.3, -0.25) is 14.5 Å². The minimum Gasteiger partial charge on any atom is -0.341 e. The quantitative estimate of drug-likeness (QED) is 0.720. The fraction of sp³-hybridized carbons (Fsp3) is 0.800. The predicted octanol–water partition coefficient (Wildman–Crippen LogP) is 0.0614. The summed E-state index contributed by atoms with van der Waals surface area (Å²) in [6, 6.07) is -0.123. The summed E-state index contributed by atoms with van der Waals surface area (Å²) in [6.45, 7) is 1.92. The Labute approximate surface area is 130 Å². The summed E-state index contributed by atoms with van der Waals surface area (Å²) in [5.41, 5.74) is -0.679. The Morgan fingerprint density at radius 1 is 1.36 bits per heavy atom. The SMILES string of the molecule is CN(C(=O)CCN1C(=O)NC2(CCCC2)C1=O)C1CCNC1. The van der Waals surface area contributed by atoms with Crippen LogP contribution in [0.15, 0.2) is 0 Å². The van der Waals surface area contributed by atoms with E-state index in [0.717, 1.165) is 45.2 Å². The first-order valence-electron chi connectivity index (χ1n) is 8.14. The highest BCUT2D eigenvalue weighted by molar-refractivity contribution is 6.07. The summed E-state index contributed by atoms with van der Waals surface area (Å²) in [4.78, 5) is 39.7. The molecule has 1 aliphatic carbocycles. The molecule has 0 aromatic rings. The number of rotatable bonds is 4. The number of imide groups is 1. The zero-order valence-electron chi connectivity index (χ0n) is 13.1. The molecule has 1 unspecified atom stereocenters. The van der Waals surface area contributed by atoms with Crippen LogP contribution in [0.2, 0.25) is 0 Å². The number of hydrogen-bond acceptors (Lipinski definition) is 4. The molecule has 7 nitrogen and oxygen atoms in total. The van der Waals surface area contributed by atoms with Gasteiger partial charge in [-0.2, -0.15) is 0 Å². The predicted molar refractivity (Wildman–Crippen MR) is 80.1 cm³/mol. The van der Waals surface area contributed by atoms with Gasteiger partial charge < -0.3 is 15.5 Å². The third-order valence-electron chi connectivity index (χ3n) is 5.23. The van der Waals surface area contributed by atoms with Crippen LogP contribution >= 0.6 is 0 Å². The maximum Gasteiger partial charge on any atom is 0.325 e. The third kappa shape index (κ3) is 2.58. The topological polar surface area (TPSA) is 81.8 Å². The lowest BCUT2D eigenvalue weighted by Gasteiger charge is -2.25. The highest BCUT2D eigenvalue weighted by Crippen LogP contribution is 2.35. The molecule has 0 aromatic heterocycles. The highest BCUT2D eigenvalue weighted by Gasteiger charge is 2.52.